The Morgan fingerprint density at radius 3 is 2.54 bits per heavy atom. The molecule has 1 rings (SSSR count). The van der Waals surface area contributed by atoms with Gasteiger partial charge >= 0.3 is 6.18 Å². The van der Waals surface area contributed by atoms with E-state index in [1.807, 2.05) is 0 Å². The van der Waals surface area contributed by atoms with E-state index in [2.05, 4.69) is 9.97 Å². The Morgan fingerprint density at radius 1 is 1.46 bits per heavy atom. The van der Waals surface area contributed by atoms with E-state index in [1.165, 1.54) is 0 Å². The number of nitrogens with two attached hydrogens (primary N) is 1. The number of hydrogen-bond donors (Lipinski definition) is 1. The fourth-order valence-electron chi connectivity index (χ4n) is 0.825. The van der Waals surface area contributed by atoms with Crippen LogP contribution in [0.1, 0.15) is 18.4 Å². The average Bonchev–Trinajstić information content (AvgIpc) is 2.03. The summed E-state index contributed by atoms with van der Waals surface area (Å²) in [5.74, 6) is 0.140. The van der Waals surface area contributed by atoms with E-state index in [0.29, 0.717) is 6.42 Å². The van der Waals surface area contributed by atoms with Crippen LogP contribution in [0.3, 0.4) is 0 Å². The van der Waals surface area contributed by atoms with Crippen molar-refractivity contribution in [3.05, 3.63) is 17.7 Å². The van der Waals surface area contributed by atoms with E-state index in [-0.39, 0.29) is 5.82 Å². The van der Waals surface area contributed by atoms with Gasteiger partial charge in [-0.15, -0.1) is 0 Å². The molecule has 1 heterocycles. The molecule has 0 fully saturated rings. The average molecular weight is 191 g/mol. The third kappa shape index (κ3) is 2.07. The van der Waals surface area contributed by atoms with Crippen LogP contribution < -0.4 is 5.73 Å². The molecule has 0 saturated carbocycles. The van der Waals surface area contributed by atoms with Crippen LogP contribution in [-0.2, 0) is 12.6 Å². The summed E-state index contributed by atoms with van der Waals surface area (Å²) < 4.78 is 36.6. The van der Waals surface area contributed by atoms with Crippen molar-refractivity contribution in [2.24, 2.45) is 0 Å². The Kier molecular flexibility index (Phi) is 2.40. The van der Waals surface area contributed by atoms with E-state index >= 15 is 0 Å². The minimum atomic E-state index is -4.50. The molecule has 0 bridgehead atoms. The predicted molar refractivity (Wildman–Crippen MR) is 40.8 cm³/mol. The molecule has 0 atom stereocenters. The quantitative estimate of drug-likeness (QED) is 0.734. The van der Waals surface area contributed by atoms with Crippen LogP contribution in [0.2, 0.25) is 0 Å². The van der Waals surface area contributed by atoms with Gasteiger partial charge in [-0.3, -0.25) is 0 Å². The molecule has 1 aromatic rings. The normalized spacial score (nSPS) is 11.7. The SMILES string of the molecule is CCc1ncc(N)c(C(F)(F)F)n1. The predicted octanol–water partition coefficient (Wildman–Crippen LogP) is 1.64. The summed E-state index contributed by atoms with van der Waals surface area (Å²) >= 11 is 0. The van der Waals surface area contributed by atoms with Gasteiger partial charge in [0.05, 0.1) is 11.9 Å². The van der Waals surface area contributed by atoms with E-state index < -0.39 is 17.6 Å². The zero-order valence-electron chi connectivity index (χ0n) is 6.89. The summed E-state index contributed by atoms with van der Waals surface area (Å²) in [6, 6.07) is 0. The van der Waals surface area contributed by atoms with Crippen LogP contribution in [0.25, 0.3) is 0 Å². The van der Waals surface area contributed by atoms with Gasteiger partial charge < -0.3 is 5.73 Å². The molecule has 1 aromatic heterocycles. The fraction of sp³-hybridized carbons (Fsp3) is 0.429. The molecule has 0 spiro atoms. The summed E-state index contributed by atoms with van der Waals surface area (Å²) in [5.41, 5.74) is 3.59. The first-order valence-electron chi connectivity index (χ1n) is 3.63. The number of aryl methyl sites for hydroxylation is 1. The van der Waals surface area contributed by atoms with Crippen molar-refractivity contribution in [3.8, 4) is 0 Å². The number of alkyl halides is 3. The summed E-state index contributed by atoms with van der Waals surface area (Å²) in [6.45, 7) is 1.67. The van der Waals surface area contributed by atoms with Crippen LogP contribution in [0.4, 0.5) is 18.9 Å². The molecule has 13 heavy (non-hydrogen) atoms. The standard InChI is InChI=1S/C7H8F3N3/c1-2-5-12-3-4(11)6(13-5)7(8,9)10/h3H,2,11H2,1H3. The Hall–Kier alpha value is -1.33. The summed E-state index contributed by atoms with van der Waals surface area (Å²) in [4.78, 5) is 6.94. The molecule has 72 valence electrons. The Balaban J connectivity index is 3.19. The molecular weight excluding hydrogens is 183 g/mol. The van der Waals surface area contributed by atoms with Gasteiger partial charge in [0.25, 0.3) is 0 Å². The van der Waals surface area contributed by atoms with Crippen LogP contribution in [-0.4, -0.2) is 9.97 Å². The Morgan fingerprint density at radius 2 is 2.08 bits per heavy atom. The Labute approximate surface area is 72.8 Å². The van der Waals surface area contributed by atoms with Crippen molar-refractivity contribution in [2.45, 2.75) is 19.5 Å². The van der Waals surface area contributed by atoms with E-state index in [1.54, 1.807) is 6.92 Å². The van der Waals surface area contributed by atoms with E-state index in [9.17, 15) is 13.2 Å². The van der Waals surface area contributed by atoms with Crippen molar-refractivity contribution in [1.82, 2.24) is 9.97 Å². The lowest BCUT2D eigenvalue weighted by atomic mass is 10.3. The number of hydrogen-bond acceptors (Lipinski definition) is 3. The van der Waals surface area contributed by atoms with Crippen LogP contribution in [0.5, 0.6) is 0 Å². The van der Waals surface area contributed by atoms with Crippen molar-refractivity contribution >= 4 is 5.69 Å². The van der Waals surface area contributed by atoms with Gasteiger partial charge in [0.1, 0.15) is 5.82 Å². The van der Waals surface area contributed by atoms with Crippen molar-refractivity contribution in [3.63, 3.8) is 0 Å². The largest absolute Gasteiger partial charge is 0.435 e. The molecule has 0 amide bonds. The van der Waals surface area contributed by atoms with Gasteiger partial charge in [0.2, 0.25) is 0 Å². The highest BCUT2D eigenvalue weighted by molar-refractivity contribution is 5.41. The fourth-order valence-corrected chi connectivity index (χ4v) is 0.825. The van der Waals surface area contributed by atoms with Gasteiger partial charge in [-0.05, 0) is 0 Å². The van der Waals surface area contributed by atoms with Crippen molar-refractivity contribution in [1.29, 1.82) is 0 Å². The molecule has 6 heteroatoms. The topological polar surface area (TPSA) is 51.8 Å². The summed E-state index contributed by atoms with van der Waals surface area (Å²) in [6.07, 6.45) is -3.17. The maximum absolute atomic E-state index is 12.2. The smallest absolute Gasteiger partial charge is 0.396 e. The molecule has 0 aliphatic rings. The third-order valence-electron chi connectivity index (χ3n) is 1.45. The van der Waals surface area contributed by atoms with Crippen molar-refractivity contribution in [2.75, 3.05) is 5.73 Å². The molecule has 2 N–H and O–H groups in total. The first-order valence-corrected chi connectivity index (χ1v) is 3.63. The zero-order chi connectivity index (χ0) is 10.1. The molecule has 0 aliphatic heterocycles. The highest BCUT2D eigenvalue weighted by Gasteiger charge is 2.35. The first-order chi connectivity index (χ1) is 5.95. The lowest BCUT2D eigenvalue weighted by molar-refractivity contribution is -0.140. The molecule has 0 saturated heterocycles. The van der Waals surface area contributed by atoms with E-state index in [4.69, 9.17) is 5.73 Å². The van der Waals surface area contributed by atoms with Crippen LogP contribution in [0, 0.1) is 0 Å². The molecule has 0 radical (unpaired) electrons. The lowest BCUT2D eigenvalue weighted by Gasteiger charge is -2.08. The number of nitrogen functional groups attached to an aromatic ring is 1. The Bertz CT molecular complexity index is 308. The maximum atomic E-state index is 12.2. The number of aromatic nitrogens is 2. The second-order valence-corrected chi connectivity index (χ2v) is 2.44. The minimum absolute atomic E-state index is 0.140. The zero-order valence-corrected chi connectivity index (χ0v) is 6.89. The van der Waals surface area contributed by atoms with Gasteiger partial charge in [-0.1, -0.05) is 6.92 Å². The second-order valence-electron chi connectivity index (χ2n) is 2.44. The highest BCUT2D eigenvalue weighted by Crippen LogP contribution is 2.31. The molecule has 0 aromatic carbocycles. The summed E-state index contributed by atoms with van der Waals surface area (Å²) in [5, 5.41) is 0. The molecule has 0 aliphatic carbocycles. The number of anilines is 1. The van der Waals surface area contributed by atoms with Crippen LogP contribution >= 0.6 is 0 Å². The monoisotopic (exact) mass is 191 g/mol. The van der Waals surface area contributed by atoms with Crippen molar-refractivity contribution < 1.29 is 13.2 Å². The molecule has 3 nitrogen and oxygen atoms in total. The third-order valence-corrected chi connectivity index (χ3v) is 1.45. The summed E-state index contributed by atoms with van der Waals surface area (Å²) in [7, 11) is 0. The first kappa shape index (κ1) is 9.76. The van der Waals surface area contributed by atoms with Gasteiger partial charge in [0, 0.05) is 6.42 Å². The molecule has 0 unspecified atom stereocenters. The van der Waals surface area contributed by atoms with Gasteiger partial charge in [-0.2, -0.15) is 13.2 Å². The lowest BCUT2D eigenvalue weighted by Crippen LogP contribution is -2.13. The van der Waals surface area contributed by atoms with Gasteiger partial charge in [0.15, 0.2) is 5.69 Å². The number of nitrogens with zero attached hydrogens (tertiary/aromatic N) is 2. The molecular formula is C7H8F3N3. The van der Waals surface area contributed by atoms with Gasteiger partial charge in [-0.25, -0.2) is 9.97 Å². The van der Waals surface area contributed by atoms with E-state index in [0.717, 1.165) is 6.20 Å². The highest BCUT2D eigenvalue weighted by atomic mass is 19.4. The van der Waals surface area contributed by atoms with Crippen LogP contribution in [0.15, 0.2) is 6.20 Å². The number of rotatable bonds is 1. The second kappa shape index (κ2) is 3.20. The maximum Gasteiger partial charge on any atom is 0.435 e. The minimum Gasteiger partial charge on any atom is -0.396 e. The number of halogens is 3.